The number of nitrogens with zero attached hydrogens (tertiary/aromatic N) is 5. The molecule has 0 spiro atoms. The van der Waals surface area contributed by atoms with Gasteiger partial charge in [0.1, 0.15) is 5.82 Å². The Morgan fingerprint density at radius 3 is 3.00 bits per heavy atom. The number of ether oxygens (including phenoxy) is 2. The van der Waals surface area contributed by atoms with Gasteiger partial charge in [-0.1, -0.05) is 30.0 Å². The van der Waals surface area contributed by atoms with Crippen molar-refractivity contribution in [3.63, 3.8) is 0 Å². The van der Waals surface area contributed by atoms with Gasteiger partial charge < -0.3 is 14.5 Å². The number of nitrogens with one attached hydrogen (secondary N) is 1. The summed E-state index contributed by atoms with van der Waals surface area (Å²) in [5.41, 5.74) is 1.51. The van der Waals surface area contributed by atoms with Gasteiger partial charge in [-0.05, 0) is 40.3 Å². The highest BCUT2D eigenvalue weighted by molar-refractivity contribution is 7.98. The summed E-state index contributed by atoms with van der Waals surface area (Å²) >= 11 is 1.41. The zero-order valence-electron chi connectivity index (χ0n) is 14.5. The number of benzene rings is 2. The molecule has 3 heterocycles. The van der Waals surface area contributed by atoms with Crippen LogP contribution in [0.5, 0.6) is 11.5 Å². The lowest BCUT2D eigenvalue weighted by atomic mass is 10.2. The van der Waals surface area contributed by atoms with Crippen molar-refractivity contribution < 1.29 is 9.47 Å². The highest BCUT2D eigenvalue weighted by Crippen LogP contribution is 2.32. The minimum atomic E-state index is -0.152. The number of rotatable bonds is 5. The molecule has 0 bridgehead atoms. The SMILES string of the molecule is O=c1[nH]c(CSc2nnnn2Cc2ccc3c(c2)OCO3)nc2ccccc12. The lowest BCUT2D eigenvalue weighted by Gasteiger charge is -2.06. The minimum Gasteiger partial charge on any atom is -0.454 e. The highest BCUT2D eigenvalue weighted by Gasteiger charge is 2.15. The molecular weight excluding hydrogens is 380 g/mol. The van der Waals surface area contributed by atoms with Crippen LogP contribution in [0.2, 0.25) is 0 Å². The smallest absolute Gasteiger partial charge is 0.258 e. The molecule has 5 rings (SSSR count). The average Bonchev–Trinajstić information content (AvgIpc) is 3.35. The largest absolute Gasteiger partial charge is 0.454 e. The summed E-state index contributed by atoms with van der Waals surface area (Å²) in [4.78, 5) is 19.5. The second-order valence-electron chi connectivity index (χ2n) is 6.13. The van der Waals surface area contributed by atoms with Crippen LogP contribution in [0.25, 0.3) is 10.9 Å². The van der Waals surface area contributed by atoms with Crippen molar-refractivity contribution in [3.8, 4) is 11.5 Å². The number of aromatic amines is 1. The Bertz CT molecular complexity index is 1220. The Morgan fingerprint density at radius 2 is 2.04 bits per heavy atom. The number of fused-ring (bicyclic) bond motifs is 2. The minimum absolute atomic E-state index is 0.152. The van der Waals surface area contributed by atoms with Crippen LogP contribution in [0.3, 0.4) is 0 Å². The summed E-state index contributed by atoms with van der Waals surface area (Å²) in [6, 6.07) is 13.0. The molecule has 0 radical (unpaired) electrons. The van der Waals surface area contributed by atoms with Crippen LogP contribution in [0, 0.1) is 0 Å². The van der Waals surface area contributed by atoms with Gasteiger partial charge in [0.15, 0.2) is 11.5 Å². The Labute approximate surface area is 162 Å². The standard InChI is InChI=1S/C18H14N6O3S/c25-17-12-3-1-2-4-13(12)19-16(20-17)9-28-18-21-22-23-24(18)8-11-5-6-14-15(7-11)27-10-26-14/h1-7H,8-10H2,(H,19,20,25). The molecule has 10 heteroatoms. The van der Waals surface area contributed by atoms with Gasteiger partial charge in [-0.15, -0.1) is 5.10 Å². The zero-order chi connectivity index (χ0) is 18.9. The highest BCUT2D eigenvalue weighted by atomic mass is 32.2. The van der Waals surface area contributed by atoms with E-state index in [0.29, 0.717) is 34.2 Å². The first-order chi connectivity index (χ1) is 13.8. The second-order valence-corrected chi connectivity index (χ2v) is 7.07. The normalized spacial score (nSPS) is 12.6. The zero-order valence-corrected chi connectivity index (χ0v) is 15.3. The summed E-state index contributed by atoms with van der Waals surface area (Å²) < 4.78 is 12.4. The van der Waals surface area contributed by atoms with E-state index in [4.69, 9.17) is 9.47 Å². The molecule has 2 aromatic heterocycles. The van der Waals surface area contributed by atoms with Gasteiger partial charge in [0, 0.05) is 0 Å². The van der Waals surface area contributed by atoms with Crippen molar-refractivity contribution in [3.05, 3.63) is 64.2 Å². The van der Waals surface area contributed by atoms with E-state index in [1.807, 2.05) is 36.4 Å². The summed E-state index contributed by atoms with van der Waals surface area (Å²) in [6.07, 6.45) is 0. The van der Waals surface area contributed by atoms with E-state index in [-0.39, 0.29) is 12.4 Å². The number of thioether (sulfide) groups is 1. The molecule has 9 nitrogen and oxygen atoms in total. The number of hydrogen-bond donors (Lipinski definition) is 1. The summed E-state index contributed by atoms with van der Waals surface area (Å²) in [5.74, 6) is 2.48. The number of aromatic nitrogens is 6. The first-order valence-electron chi connectivity index (χ1n) is 8.52. The first kappa shape index (κ1) is 16.8. The van der Waals surface area contributed by atoms with E-state index in [0.717, 1.165) is 17.1 Å². The topological polar surface area (TPSA) is 108 Å². The molecule has 140 valence electrons. The van der Waals surface area contributed by atoms with Crippen LogP contribution in [0.1, 0.15) is 11.4 Å². The van der Waals surface area contributed by atoms with E-state index in [1.165, 1.54) is 11.8 Å². The van der Waals surface area contributed by atoms with E-state index < -0.39 is 0 Å². The summed E-state index contributed by atoms with van der Waals surface area (Å²) in [5, 5.41) is 13.1. The van der Waals surface area contributed by atoms with Gasteiger partial charge in [-0.25, -0.2) is 9.67 Å². The maximum atomic E-state index is 12.2. The number of H-pyrrole nitrogens is 1. The Morgan fingerprint density at radius 1 is 1.14 bits per heavy atom. The van der Waals surface area contributed by atoms with E-state index in [1.54, 1.807) is 10.7 Å². The fraction of sp³-hybridized carbons (Fsp3) is 0.167. The third-order valence-corrected chi connectivity index (χ3v) is 5.24. The molecule has 0 atom stereocenters. The predicted molar refractivity (Wildman–Crippen MR) is 101 cm³/mol. The first-order valence-corrected chi connectivity index (χ1v) is 9.50. The molecule has 1 aliphatic heterocycles. The van der Waals surface area contributed by atoms with Crippen molar-refractivity contribution in [2.75, 3.05) is 6.79 Å². The van der Waals surface area contributed by atoms with Gasteiger partial charge in [0.2, 0.25) is 11.9 Å². The Balaban J connectivity index is 1.33. The molecule has 0 saturated carbocycles. The molecule has 0 fully saturated rings. The van der Waals surface area contributed by atoms with Crippen molar-refractivity contribution in [1.82, 2.24) is 30.2 Å². The summed E-state index contributed by atoms with van der Waals surface area (Å²) in [6.45, 7) is 0.732. The molecule has 1 N–H and O–H groups in total. The van der Waals surface area contributed by atoms with Gasteiger partial charge in [0.25, 0.3) is 5.56 Å². The fourth-order valence-corrected chi connectivity index (χ4v) is 3.69. The van der Waals surface area contributed by atoms with Crippen LogP contribution in [-0.2, 0) is 12.3 Å². The lowest BCUT2D eigenvalue weighted by Crippen LogP contribution is -2.11. The van der Waals surface area contributed by atoms with Gasteiger partial charge in [-0.3, -0.25) is 4.79 Å². The molecule has 2 aromatic carbocycles. The molecular formula is C18H14N6O3S. The van der Waals surface area contributed by atoms with Crippen LogP contribution in [0.4, 0.5) is 0 Å². The number of hydrogen-bond acceptors (Lipinski definition) is 8. The third-order valence-electron chi connectivity index (χ3n) is 4.27. The second kappa shape index (κ2) is 6.97. The third kappa shape index (κ3) is 3.18. The van der Waals surface area contributed by atoms with E-state index >= 15 is 0 Å². The lowest BCUT2D eigenvalue weighted by molar-refractivity contribution is 0.174. The fourth-order valence-electron chi connectivity index (χ4n) is 2.95. The Hall–Kier alpha value is -3.40. The van der Waals surface area contributed by atoms with Crippen molar-refractivity contribution >= 4 is 22.7 Å². The average molecular weight is 394 g/mol. The number of tetrazole rings is 1. The van der Waals surface area contributed by atoms with Gasteiger partial charge >= 0.3 is 0 Å². The molecule has 1 aliphatic rings. The summed E-state index contributed by atoms with van der Waals surface area (Å²) in [7, 11) is 0. The maximum absolute atomic E-state index is 12.2. The van der Waals surface area contributed by atoms with Crippen molar-refractivity contribution in [1.29, 1.82) is 0 Å². The van der Waals surface area contributed by atoms with E-state index in [2.05, 4.69) is 25.5 Å². The van der Waals surface area contributed by atoms with Crippen LogP contribution >= 0.6 is 11.8 Å². The van der Waals surface area contributed by atoms with Crippen LogP contribution in [0.15, 0.2) is 52.4 Å². The molecule has 0 aliphatic carbocycles. The van der Waals surface area contributed by atoms with Crippen molar-refractivity contribution in [2.24, 2.45) is 0 Å². The van der Waals surface area contributed by atoms with E-state index in [9.17, 15) is 4.79 Å². The molecule has 0 amide bonds. The van der Waals surface area contributed by atoms with Crippen molar-refractivity contribution in [2.45, 2.75) is 17.5 Å². The van der Waals surface area contributed by atoms with Gasteiger partial charge in [0.05, 0.1) is 23.2 Å². The molecule has 0 saturated heterocycles. The van der Waals surface area contributed by atoms with Gasteiger partial charge in [-0.2, -0.15) is 0 Å². The van der Waals surface area contributed by atoms with Crippen LogP contribution < -0.4 is 15.0 Å². The quantitative estimate of drug-likeness (QED) is 0.512. The predicted octanol–water partition coefficient (Wildman–Crippen LogP) is 1.98. The number of para-hydroxylation sites is 1. The molecule has 28 heavy (non-hydrogen) atoms. The molecule has 4 aromatic rings. The van der Waals surface area contributed by atoms with Crippen LogP contribution in [-0.4, -0.2) is 37.0 Å². The monoisotopic (exact) mass is 394 g/mol. The maximum Gasteiger partial charge on any atom is 0.258 e. The Kier molecular flexibility index (Phi) is 4.17. The molecule has 0 unspecified atom stereocenters.